The third kappa shape index (κ3) is 4.60. The average molecular weight is 551 g/mol. The molecular formula is C28H31ClN6O2S. The molecule has 1 N–H and O–H groups in total. The highest BCUT2D eigenvalue weighted by Crippen LogP contribution is 2.31. The first-order chi connectivity index (χ1) is 18.3. The van der Waals surface area contributed by atoms with Crippen molar-refractivity contribution in [1.82, 2.24) is 28.9 Å². The highest BCUT2D eigenvalue weighted by Gasteiger charge is 2.35. The van der Waals surface area contributed by atoms with E-state index in [0.717, 1.165) is 27.9 Å². The number of aromatic nitrogens is 4. The van der Waals surface area contributed by atoms with Gasteiger partial charge in [0.25, 0.3) is 10.0 Å². The minimum Gasteiger partial charge on any atom is -0.327 e. The second kappa shape index (κ2) is 10.5. The first kappa shape index (κ1) is 26.4. The zero-order chi connectivity index (χ0) is 27.0. The summed E-state index contributed by atoms with van der Waals surface area (Å²) in [5.41, 5.74) is 6.94. The van der Waals surface area contributed by atoms with E-state index in [1.807, 2.05) is 69.3 Å². The van der Waals surface area contributed by atoms with Crippen LogP contribution >= 0.6 is 11.6 Å². The second-order valence-corrected chi connectivity index (χ2v) is 11.4. The molecule has 0 aliphatic rings. The van der Waals surface area contributed by atoms with Crippen molar-refractivity contribution in [2.75, 3.05) is 0 Å². The van der Waals surface area contributed by atoms with Crippen LogP contribution in [0.3, 0.4) is 0 Å². The van der Waals surface area contributed by atoms with E-state index in [2.05, 4.69) is 21.5 Å². The zero-order valence-corrected chi connectivity index (χ0v) is 23.4. The molecule has 38 heavy (non-hydrogen) atoms. The standard InChI is InChI=1S/C28H31ClN6O2S/c1-5-33-25-13-9-7-11-23(25)30-27(33)19(3)32-35(38(36,37)22-17-15-21(29)16-18-22)20(4)28-31-24-12-8-10-14-26(24)34(28)6-2/h7-20,32H,5-6H2,1-4H3/t19-,20-/m1/s1. The van der Waals surface area contributed by atoms with Gasteiger partial charge in [0.05, 0.1) is 39.0 Å². The van der Waals surface area contributed by atoms with Gasteiger partial charge in [-0.1, -0.05) is 35.9 Å². The van der Waals surface area contributed by atoms with E-state index >= 15 is 0 Å². The quantitative estimate of drug-likeness (QED) is 0.224. The SMILES string of the molecule is CCn1c([C@@H](C)N(N[C@H](C)c2nc3ccccc3n2CC)S(=O)(=O)c2ccc(Cl)cc2)nc2ccccc21. The monoisotopic (exact) mass is 550 g/mol. The van der Waals surface area contributed by atoms with Gasteiger partial charge in [-0.3, -0.25) is 0 Å². The molecule has 0 radical (unpaired) electrons. The van der Waals surface area contributed by atoms with Crippen molar-refractivity contribution in [1.29, 1.82) is 0 Å². The van der Waals surface area contributed by atoms with Crippen LogP contribution in [0, 0.1) is 0 Å². The lowest BCUT2D eigenvalue weighted by Crippen LogP contribution is -2.46. The van der Waals surface area contributed by atoms with Crippen LogP contribution in [-0.2, 0) is 23.1 Å². The summed E-state index contributed by atoms with van der Waals surface area (Å²) in [5.74, 6) is 1.40. The molecule has 0 unspecified atom stereocenters. The number of nitrogens with zero attached hydrogens (tertiary/aromatic N) is 5. The molecular weight excluding hydrogens is 520 g/mol. The number of halogens is 1. The molecule has 0 aliphatic carbocycles. The maximum absolute atomic E-state index is 14.1. The summed E-state index contributed by atoms with van der Waals surface area (Å²) in [6.45, 7) is 9.21. The van der Waals surface area contributed by atoms with E-state index in [1.165, 1.54) is 16.5 Å². The summed E-state index contributed by atoms with van der Waals surface area (Å²) in [6, 6.07) is 20.9. The van der Waals surface area contributed by atoms with Crippen molar-refractivity contribution in [3.63, 3.8) is 0 Å². The Labute approximate surface area is 227 Å². The van der Waals surface area contributed by atoms with Gasteiger partial charge >= 0.3 is 0 Å². The number of sulfonamides is 1. The molecule has 3 aromatic carbocycles. The van der Waals surface area contributed by atoms with Crippen LogP contribution in [0.1, 0.15) is 51.4 Å². The number of hydrogen-bond acceptors (Lipinski definition) is 5. The maximum atomic E-state index is 14.1. The predicted octanol–water partition coefficient (Wildman–Crippen LogP) is 6.10. The molecule has 0 saturated heterocycles. The van der Waals surface area contributed by atoms with Crippen LogP contribution in [0.15, 0.2) is 77.7 Å². The van der Waals surface area contributed by atoms with Gasteiger partial charge in [0.1, 0.15) is 11.6 Å². The van der Waals surface area contributed by atoms with Crippen molar-refractivity contribution >= 4 is 43.7 Å². The lowest BCUT2D eigenvalue weighted by molar-refractivity contribution is 0.212. The van der Waals surface area contributed by atoms with Crippen LogP contribution in [0.25, 0.3) is 22.1 Å². The lowest BCUT2D eigenvalue weighted by atomic mass is 10.3. The van der Waals surface area contributed by atoms with Crippen LogP contribution in [-0.4, -0.2) is 31.9 Å². The Morgan fingerprint density at radius 2 is 1.32 bits per heavy atom. The minimum absolute atomic E-state index is 0.136. The number of fused-ring (bicyclic) bond motifs is 2. The molecule has 2 aromatic heterocycles. The third-order valence-corrected chi connectivity index (χ3v) is 8.86. The van der Waals surface area contributed by atoms with Gasteiger partial charge in [-0.05, 0) is 76.2 Å². The van der Waals surface area contributed by atoms with Crippen molar-refractivity contribution in [2.45, 2.75) is 57.8 Å². The number of hydrazine groups is 1. The van der Waals surface area contributed by atoms with E-state index in [4.69, 9.17) is 21.6 Å². The highest BCUT2D eigenvalue weighted by molar-refractivity contribution is 7.89. The van der Waals surface area contributed by atoms with E-state index in [9.17, 15) is 8.42 Å². The Hall–Kier alpha value is -3.24. The fourth-order valence-electron chi connectivity index (χ4n) is 4.97. The van der Waals surface area contributed by atoms with Crippen molar-refractivity contribution in [3.8, 4) is 0 Å². The molecule has 8 nitrogen and oxygen atoms in total. The first-order valence-electron chi connectivity index (χ1n) is 12.7. The molecule has 198 valence electrons. The van der Waals surface area contributed by atoms with Crippen molar-refractivity contribution in [2.24, 2.45) is 0 Å². The average Bonchev–Trinajstić information content (AvgIpc) is 3.49. The molecule has 10 heteroatoms. The number of hydrogen-bond donors (Lipinski definition) is 1. The van der Waals surface area contributed by atoms with Gasteiger partial charge in [0, 0.05) is 18.1 Å². The predicted molar refractivity (Wildman–Crippen MR) is 151 cm³/mol. The Morgan fingerprint density at radius 3 is 1.87 bits per heavy atom. The molecule has 5 aromatic rings. The van der Waals surface area contributed by atoms with Crippen molar-refractivity contribution < 1.29 is 8.42 Å². The lowest BCUT2D eigenvalue weighted by Gasteiger charge is -2.31. The smallest absolute Gasteiger partial charge is 0.256 e. The maximum Gasteiger partial charge on any atom is 0.256 e. The topological polar surface area (TPSA) is 85.0 Å². The minimum atomic E-state index is -4.01. The van der Waals surface area contributed by atoms with Crippen LogP contribution in [0.2, 0.25) is 5.02 Å². The molecule has 2 heterocycles. The van der Waals surface area contributed by atoms with Gasteiger partial charge < -0.3 is 9.13 Å². The Balaban J connectivity index is 1.62. The number of para-hydroxylation sites is 4. The summed E-state index contributed by atoms with van der Waals surface area (Å²) in [5, 5.41) is 0.467. The zero-order valence-electron chi connectivity index (χ0n) is 21.8. The van der Waals surface area contributed by atoms with E-state index in [1.54, 1.807) is 12.1 Å². The Bertz CT molecular complexity index is 1690. The molecule has 2 atom stereocenters. The summed E-state index contributed by atoms with van der Waals surface area (Å²) in [7, 11) is -4.01. The summed E-state index contributed by atoms with van der Waals surface area (Å²) < 4.78 is 33.7. The number of nitrogens with one attached hydrogen (secondary N) is 1. The van der Waals surface area contributed by atoms with E-state index in [-0.39, 0.29) is 4.90 Å². The van der Waals surface area contributed by atoms with E-state index in [0.29, 0.717) is 23.9 Å². The molecule has 0 amide bonds. The van der Waals surface area contributed by atoms with Gasteiger partial charge in [-0.15, -0.1) is 4.41 Å². The molecule has 0 aliphatic heterocycles. The van der Waals surface area contributed by atoms with Crippen LogP contribution < -0.4 is 5.43 Å². The Kier molecular flexibility index (Phi) is 7.28. The van der Waals surface area contributed by atoms with Gasteiger partial charge in [-0.25, -0.2) is 23.8 Å². The van der Waals surface area contributed by atoms with Crippen LogP contribution in [0.4, 0.5) is 0 Å². The number of benzene rings is 3. The van der Waals surface area contributed by atoms with Gasteiger partial charge in [-0.2, -0.15) is 0 Å². The van der Waals surface area contributed by atoms with Crippen molar-refractivity contribution in [3.05, 3.63) is 89.5 Å². The molecule has 5 rings (SSSR count). The normalized spacial score (nSPS) is 13.9. The highest BCUT2D eigenvalue weighted by atomic mass is 35.5. The number of imidazole rings is 2. The molecule has 0 saturated carbocycles. The number of aryl methyl sites for hydroxylation is 2. The number of rotatable bonds is 9. The fourth-order valence-corrected chi connectivity index (χ4v) is 6.61. The summed E-state index contributed by atoms with van der Waals surface area (Å²) in [4.78, 5) is 9.83. The third-order valence-electron chi connectivity index (χ3n) is 6.80. The van der Waals surface area contributed by atoms with E-state index < -0.39 is 22.1 Å². The summed E-state index contributed by atoms with van der Waals surface area (Å²) >= 11 is 6.07. The largest absolute Gasteiger partial charge is 0.327 e. The van der Waals surface area contributed by atoms with Gasteiger partial charge in [0.2, 0.25) is 0 Å². The molecule has 0 fully saturated rings. The van der Waals surface area contributed by atoms with Crippen LogP contribution in [0.5, 0.6) is 0 Å². The fraction of sp³-hybridized carbons (Fsp3) is 0.286. The molecule has 0 bridgehead atoms. The second-order valence-electron chi connectivity index (χ2n) is 9.19. The molecule has 0 spiro atoms. The van der Waals surface area contributed by atoms with Gasteiger partial charge in [0.15, 0.2) is 0 Å². The Morgan fingerprint density at radius 1 is 0.816 bits per heavy atom. The summed E-state index contributed by atoms with van der Waals surface area (Å²) in [6.07, 6.45) is 0. The first-order valence-corrected chi connectivity index (χ1v) is 14.5.